The molecule has 0 saturated carbocycles. The molecule has 4 nitrogen and oxygen atoms in total. The van der Waals surface area contributed by atoms with E-state index in [0.29, 0.717) is 0 Å². The van der Waals surface area contributed by atoms with Crippen molar-refractivity contribution in [3.63, 3.8) is 0 Å². The van der Waals surface area contributed by atoms with E-state index in [4.69, 9.17) is 9.72 Å². The average molecular weight is 434 g/mol. The van der Waals surface area contributed by atoms with Crippen LogP contribution >= 0.6 is 15.9 Å². The molecule has 2 atom stereocenters. The van der Waals surface area contributed by atoms with Crippen LogP contribution in [-0.2, 0) is 0 Å². The summed E-state index contributed by atoms with van der Waals surface area (Å²) < 4.78 is 8.76. The van der Waals surface area contributed by atoms with E-state index in [9.17, 15) is 0 Å². The minimum absolute atomic E-state index is 0.197. The fraction of sp³-hybridized carbons (Fsp3) is 0.174. The first kappa shape index (κ1) is 17.3. The number of nitrogens with zero attached hydrogens (tertiary/aromatic N) is 2. The molecule has 0 bridgehead atoms. The van der Waals surface area contributed by atoms with E-state index in [2.05, 4.69) is 80.4 Å². The van der Waals surface area contributed by atoms with Crippen molar-refractivity contribution in [1.29, 1.82) is 0 Å². The van der Waals surface area contributed by atoms with Gasteiger partial charge in [-0.05, 0) is 53.9 Å². The van der Waals surface area contributed by atoms with Crippen LogP contribution in [-0.4, -0.2) is 16.7 Å². The second kappa shape index (κ2) is 6.99. The van der Waals surface area contributed by atoms with E-state index in [-0.39, 0.29) is 12.1 Å². The highest BCUT2D eigenvalue weighted by Gasteiger charge is 2.30. The Balaban J connectivity index is 1.63. The Morgan fingerprint density at radius 3 is 2.43 bits per heavy atom. The lowest BCUT2D eigenvalue weighted by Crippen LogP contribution is -2.27. The Hall–Kier alpha value is -2.79. The lowest BCUT2D eigenvalue weighted by atomic mass is 9.93. The number of halogens is 1. The van der Waals surface area contributed by atoms with Crippen LogP contribution < -0.4 is 10.1 Å². The van der Waals surface area contributed by atoms with Crippen LogP contribution in [0.15, 0.2) is 77.3 Å². The molecule has 3 aromatic carbocycles. The van der Waals surface area contributed by atoms with E-state index in [1.54, 1.807) is 7.11 Å². The number of para-hydroxylation sites is 2. The number of hydrogen-bond donors (Lipinski definition) is 1. The number of benzene rings is 3. The SMILES string of the molecule is COc1ccc([C@@H]2C[C@H](c3ccc(Br)cc3)Nc3nc4ccccc4n32)cc1. The second-order valence-corrected chi connectivity index (χ2v) is 7.98. The van der Waals surface area contributed by atoms with E-state index < -0.39 is 0 Å². The summed E-state index contributed by atoms with van der Waals surface area (Å²) in [5.74, 6) is 1.79. The van der Waals surface area contributed by atoms with Crippen molar-refractivity contribution in [1.82, 2.24) is 9.55 Å². The lowest BCUT2D eigenvalue weighted by Gasteiger charge is -2.33. The van der Waals surface area contributed by atoms with Crippen LogP contribution in [0, 0.1) is 0 Å². The van der Waals surface area contributed by atoms with Crippen LogP contribution in [0.2, 0.25) is 0 Å². The molecular weight excluding hydrogens is 414 g/mol. The summed E-state index contributed by atoms with van der Waals surface area (Å²) in [6.07, 6.45) is 0.946. The zero-order valence-electron chi connectivity index (χ0n) is 15.5. The standard InChI is InChI=1S/C23H20BrN3O/c1-28-18-12-8-16(9-13-18)22-14-20(15-6-10-17(24)11-7-15)26-23-25-19-4-2-3-5-21(19)27(22)23/h2-13,20,22H,14H2,1H3,(H,25,26)/t20-,22+/m1/s1. The third kappa shape index (κ3) is 2.96. The molecule has 0 fully saturated rings. The molecule has 1 N–H and O–H groups in total. The topological polar surface area (TPSA) is 39.1 Å². The highest BCUT2D eigenvalue weighted by molar-refractivity contribution is 9.10. The molecule has 5 rings (SSSR count). The molecule has 5 heteroatoms. The van der Waals surface area contributed by atoms with Crippen molar-refractivity contribution < 1.29 is 4.74 Å². The van der Waals surface area contributed by atoms with E-state index in [1.165, 1.54) is 11.1 Å². The normalized spacial score (nSPS) is 18.5. The molecule has 1 aliphatic heterocycles. The molecule has 28 heavy (non-hydrogen) atoms. The lowest BCUT2D eigenvalue weighted by molar-refractivity contribution is 0.414. The maximum absolute atomic E-state index is 5.35. The zero-order chi connectivity index (χ0) is 19.1. The van der Waals surface area contributed by atoms with Gasteiger partial charge in [-0.2, -0.15) is 0 Å². The molecule has 0 unspecified atom stereocenters. The van der Waals surface area contributed by atoms with Gasteiger partial charge in [-0.25, -0.2) is 4.98 Å². The summed E-state index contributed by atoms with van der Waals surface area (Å²) in [6.45, 7) is 0. The Bertz CT molecular complexity index is 1120. The molecule has 1 aromatic heterocycles. The van der Waals surface area contributed by atoms with Crippen LogP contribution in [0.1, 0.15) is 29.6 Å². The van der Waals surface area contributed by atoms with Gasteiger partial charge in [0.25, 0.3) is 0 Å². The van der Waals surface area contributed by atoms with Crippen molar-refractivity contribution in [2.45, 2.75) is 18.5 Å². The molecule has 140 valence electrons. The summed E-state index contributed by atoms with van der Waals surface area (Å²) in [4.78, 5) is 4.87. The zero-order valence-corrected chi connectivity index (χ0v) is 17.1. The maximum Gasteiger partial charge on any atom is 0.204 e. The van der Waals surface area contributed by atoms with Gasteiger partial charge in [-0.15, -0.1) is 0 Å². The maximum atomic E-state index is 5.35. The molecule has 2 heterocycles. The van der Waals surface area contributed by atoms with Gasteiger partial charge in [0.15, 0.2) is 0 Å². The first-order valence-corrected chi connectivity index (χ1v) is 10.1. The van der Waals surface area contributed by atoms with Gasteiger partial charge in [0.2, 0.25) is 5.95 Å². The summed E-state index contributed by atoms with van der Waals surface area (Å²) in [5.41, 5.74) is 4.69. The monoisotopic (exact) mass is 433 g/mol. The van der Waals surface area contributed by atoms with Crippen molar-refractivity contribution in [3.8, 4) is 5.75 Å². The van der Waals surface area contributed by atoms with Gasteiger partial charge in [-0.1, -0.05) is 52.3 Å². The van der Waals surface area contributed by atoms with E-state index >= 15 is 0 Å². The minimum Gasteiger partial charge on any atom is -0.497 e. The van der Waals surface area contributed by atoms with Crippen molar-refractivity contribution in [3.05, 3.63) is 88.4 Å². The summed E-state index contributed by atoms with van der Waals surface area (Å²) in [6, 6.07) is 25.6. The highest BCUT2D eigenvalue weighted by atomic mass is 79.9. The van der Waals surface area contributed by atoms with Crippen LogP contribution in [0.3, 0.4) is 0 Å². The molecule has 0 saturated heterocycles. The van der Waals surface area contributed by atoms with Crippen LogP contribution in [0.25, 0.3) is 11.0 Å². The van der Waals surface area contributed by atoms with Crippen molar-refractivity contribution in [2.24, 2.45) is 0 Å². The predicted octanol–water partition coefficient (Wildman–Crippen LogP) is 5.95. The molecule has 0 amide bonds. The first-order valence-electron chi connectivity index (χ1n) is 9.36. The number of hydrogen-bond acceptors (Lipinski definition) is 3. The third-order valence-electron chi connectivity index (χ3n) is 5.44. The number of fused-ring (bicyclic) bond motifs is 3. The van der Waals surface area contributed by atoms with Crippen molar-refractivity contribution in [2.75, 3.05) is 12.4 Å². The summed E-state index contributed by atoms with van der Waals surface area (Å²) >= 11 is 3.53. The number of imidazole rings is 1. The van der Waals surface area contributed by atoms with Gasteiger partial charge in [-0.3, -0.25) is 0 Å². The summed E-state index contributed by atoms with van der Waals surface area (Å²) in [5, 5.41) is 3.66. The largest absolute Gasteiger partial charge is 0.497 e. The molecule has 0 spiro atoms. The number of anilines is 1. The van der Waals surface area contributed by atoms with Gasteiger partial charge < -0.3 is 14.6 Å². The Morgan fingerprint density at radius 2 is 1.68 bits per heavy atom. The highest BCUT2D eigenvalue weighted by Crippen LogP contribution is 2.41. The predicted molar refractivity (Wildman–Crippen MR) is 116 cm³/mol. The molecule has 1 aliphatic rings. The minimum atomic E-state index is 0.197. The number of nitrogens with one attached hydrogen (secondary N) is 1. The van der Waals surface area contributed by atoms with Crippen LogP contribution in [0.5, 0.6) is 5.75 Å². The smallest absolute Gasteiger partial charge is 0.204 e. The van der Waals surface area contributed by atoms with E-state index in [1.807, 2.05) is 18.2 Å². The Morgan fingerprint density at radius 1 is 0.964 bits per heavy atom. The Labute approximate surface area is 172 Å². The second-order valence-electron chi connectivity index (χ2n) is 7.07. The number of aromatic nitrogens is 2. The molecule has 0 radical (unpaired) electrons. The van der Waals surface area contributed by atoms with Gasteiger partial charge in [0.1, 0.15) is 5.75 Å². The number of methoxy groups -OCH3 is 1. The fourth-order valence-corrected chi connectivity index (χ4v) is 4.30. The van der Waals surface area contributed by atoms with Gasteiger partial charge in [0, 0.05) is 4.47 Å². The average Bonchev–Trinajstić information content (AvgIpc) is 3.12. The van der Waals surface area contributed by atoms with Gasteiger partial charge in [0.05, 0.1) is 30.2 Å². The van der Waals surface area contributed by atoms with E-state index in [0.717, 1.165) is 33.6 Å². The summed E-state index contributed by atoms with van der Waals surface area (Å²) in [7, 11) is 1.70. The Kier molecular flexibility index (Phi) is 4.32. The number of rotatable bonds is 3. The molecule has 4 aromatic rings. The quantitative estimate of drug-likeness (QED) is 0.433. The first-order chi connectivity index (χ1) is 13.7. The van der Waals surface area contributed by atoms with Crippen LogP contribution in [0.4, 0.5) is 5.95 Å². The fourth-order valence-electron chi connectivity index (χ4n) is 4.03. The molecular formula is C23H20BrN3O. The van der Waals surface area contributed by atoms with Gasteiger partial charge >= 0.3 is 0 Å². The number of ether oxygens (including phenoxy) is 1. The third-order valence-corrected chi connectivity index (χ3v) is 5.97. The van der Waals surface area contributed by atoms with Crippen molar-refractivity contribution >= 4 is 32.9 Å². The molecule has 0 aliphatic carbocycles.